The zero-order chi connectivity index (χ0) is 27.8. The Morgan fingerprint density at radius 3 is 2.72 bits per heavy atom. The highest BCUT2D eigenvalue weighted by Crippen LogP contribution is 2.31. The number of methoxy groups -OCH3 is 1. The summed E-state index contributed by atoms with van der Waals surface area (Å²) in [5, 5.41) is 9.34. The van der Waals surface area contributed by atoms with Crippen molar-refractivity contribution >= 4 is 23.1 Å². The van der Waals surface area contributed by atoms with Crippen LogP contribution in [0.3, 0.4) is 0 Å². The number of fused-ring (bicyclic) bond motifs is 1. The monoisotopic (exact) mass is 532 g/mol. The second-order valence-electron chi connectivity index (χ2n) is 8.75. The molecule has 0 atom stereocenters. The molecule has 0 saturated carbocycles. The van der Waals surface area contributed by atoms with Crippen LogP contribution >= 0.6 is 0 Å². The number of nitrogens with one attached hydrogen (secondary N) is 3. The van der Waals surface area contributed by atoms with Crippen molar-refractivity contribution in [2.24, 2.45) is 0 Å². The molecule has 0 spiro atoms. The maximum Gasteiger partial charge on any atom is 0.251 e. The number of unbranched alkanes of at least 4 members (excludes halogenated alkanes) is 1. The van der Waals surface area contributed by atoms with Crippen LogP contribution in [0.25, 0.3) is 16.9 Å². The van der Waals surface area contributed by atoms with Gasteiger partial charge in [-0.25, -0.2) is 14.4 Å². The van der Waals surface area contributed by atoms with Crippen molar-refractivity contribution in [1.29, 1.82) is 0 Å². The predicted molar refractivity (Wildman–Crippen MR) is 147 cm³/mol. The number of hydrogen-bond acceptors (Lipinski definition) is 6. The van der Waals surface area contributed by atoms with Crippen molar-refractivity contribution in [3.05, 3.63) is 71.7 Å². The third-order valence-electron chi connectivity index (χ3n) is 6.26. The number of benzene rings is 2. The van der Waals surface area contributed by atoms with Crippen LogP contribution in [0.5, 0.6) is 5.75 Å². The van der Waals surface area contributed by atoms with Gasteiger partial charge in [-0.1, -0.05) is 12.8 Å². The average Bonchev–Trinajstić information content (AvgIpc) is 3.38. The molecule has 0 aliphatic carbocycles. The maximum atomic E-state index is 14.8. The van der Waals surface area contributed by atoms with E-state index in [-0.39, 0.29) is 17.2 Å². The summed E-state index contributed by atoms with van der Waals surface area (Å²) < 4.78 is 35.6. The fourth-order valence-corrected chi connectivity index (χ4v) is 4.25. The Balaban J connectivity index is 1.50. The van der Waals surface area contributed by atoms with Gasteiger partial charge in [0.15, 0.2) is 23.0 Å². The molecule has 202 valence electrons. The van der Waals surface area contributed by atoms with Crippen LogP contribution in [0.2, 0.25) is 0 Å². The number of ether oxygens (including phenoxy) is 1. The van der Waals surface area contributed by atoms with Gasteiger partial charge in [0.25, 0.3) is 5.91 Å². The SMILES string of the molecule is C#CCNCCCCNC(=O)c1ccc(Nc2nccn3c(-c4ccc(OC)c(F)c4F)cnc23)cc1CC. The second-order valence-corrected chi connectivity index (χ2v) is 8.75. The molecule has 2 heterocycles. The van der Waals surface area contributed by atoms with Crippen LogP contribution in [0.4, 0.5) is 20.3 Å². The first kappa shape index (κ1) is 27.5. The van der Waals surface area contributed by atoms with Crippen LogP contribution in [0, 0.1) is 24.0 Å². The number of hydrogen-bond donors (Lipinski definition) is 3. The van der Waals surface area contributed by atoms with E-state index < -0.39 is 11.6 Å². The number of terminal acetylenes is 1. The number of imidazole rings is 1. The number of nitrogens with zero attached hydrogens (tertiary/aromatic N) is 3. The summed E-state index contributed by atoms with van der Waals surface area (Å²) in [5.74, 6) is 0.571. The lowest BCUT2D eigenvalue weighted by Gasteiger charge is -2.13. The highest BCUT2D eigenvalue weighted by molar-refractivity contribution is 5.96. The molecule has 0 saturated heterocycles. The highest BCUT2D eigenvalue weighted by atomic mass is 19.2. The molecule has 39 heavy (non-hydrogen) atoms. The van der Waals surface area contributed by atoms with Gasteiger partial charge in [-0.2, -0.15) is 4.39 Å². The Morgan fingerprint density at radius 1 is 1.13 bits per heavy atom. The van der Waals surface area contributed by atoms with Crippen LogP contribution < -0.4 is 20.7 Å². The van der Waals surface area contributed by atoms with Crippen LogP contribution in [-0.4, -0.2) is 47.0 Å². The van der Waals surface area contributed by atoms with Crippen molar-refractivity contribution < 1.29 is 18.3 Å². The molecule has 4 aromatic rings. The quantitative estimate of drug-likeness (QED) is 0.181. The first-order valence-electron chi connectivity index (χ1n) is 12.6. The lowest BCUT2D eigenvalue weighted by atomic mass is 10.0. The minimum Gasteiger partial charge on any atom is -0.494 e. The summed E-state index contributed by atoms with van der Waals surface area (Å²) in [4.78, 5) is 21.6. The molecule has 3 N–H and O–H groups in total. The number of aryl methyl sites for hydroxylation is 1. The lowest BCUT2D eigenvalue weighted by molar-refractivity contribution is 0.0952. The Morgan fingerprint density at radius 2 is 1.95 bits per heavy atom. The molecule has 4 rings (SSSR count). The smallest absolute Gasteiger partial charge is 0.251 e. The number of halogens is 2. The summed E-state index contributed by atoms with van der Waals surface area (Å²) in [6, 6.07) is 8.28. The topological polar surface area (TPSA) is 92.6 Å². The average molecular weight is 533 g/mol. The van der Waals surface area contributed by atoms with E-state index in [1.165, 1.54) is 25.4 Å². The van der Waals surface area contributed by atoms with Gasteiger partial charge in [0.1, 0.15) is 0 Å². The van der Waals surface area contributed by atoms with Gasteiger partial charge in [0.05, 0.1) is 25.5 Å². The normalized spacial score (nSPS) is 10.8. The maximum absolute atomic E-state index is 14.8. The fourth-order valence-electron chi connectivity index (χ4n) is 4.25. The van der Waals surface area contributed by atoms with E-state index >= 15 is 0 Å². The first-order chi connectivity index (χ1) is 19.0. The molecule has 2 aromatic carbocycles. The molecule has 0 fully saturated rings. The van der Waals surface area contributed by atoms with Gasteiger partial charge in [0, 0.05) is 35.8 Å². The summed E-state index contributed by atoms with van der Waals surface area (Å²) in [7, 11) is 1.28. The summed E-state index contributed by atoms with van der Waals surface area (Å²) in [6.45, 7) is 3.91. The van der Waals surface area contributed by atoms with Crippen molar-refractivity contribution in [3.63, 3.8) is 0 Å². The third-order valence-corrected chi connectivity index (χ3v) is 6.26. The number of amides is 1. The molecule has 8 nitrogen and oxygen atoms in total. The Bertz CT molecular complexity index is 1510. The minimum atomic E-state index is -1.06. The molecule has 0 unspecified atom stereocenters. The lowest BCUT2D eigenvalue weighted by Crippen LogP contribution is -2.26. The number of carbonyl (C=O) groups is 1. The predicted octanol–water partition coefficient (Wildman–Crippen LogP) is 4.72. The summed E-state index contributed by atoms with van der Waals surface area (Å²) >= 11 is 0. The fraction of sp³-hybridized carbons (Fsp3) is 0.276. The van der Waals surface area contributed by atoms with Gasteiger partial charge in [0.2, 0.25) is 5.82 Å². The van der Waals surface area contributed by atoms with E-state index in [2.05, 4.69) is 31.8 Å². The van der Waals surface area contributed by atoms with Gasteiger partial charge in [-0.15, -0.1) is 6.42 Å². The van der Waals surface area contributed by atoms with Gasteiger partial charge < -0.3 is 20.7 Å². The number of anilines is 2. The third kappa shape index (κ3) is 6.16. The van der Waals surface area contributed by atoms with Crippen molar-refractivity contribution in [3.8, 4) is 29.4 Å². The van der Waals surface area contributed by atoms with E-state index in [4.69, 9.17) is 11.2 Å². The first-order valence-corrected chi connectivity index (χ1v) is 12.6. The van der Waals surface area contributed by atoms with Crippen molar-refractivity contribution in [2.45, 2.75) is 26.2 Å². The zero-order valence-corrected chi connectivity index (χ0v) is 21.9. The van der Waals surface area contributed by atoms with E-state index in [1.807, 2.05) is 13.0 Å². The Hall–Kier alpha value is -4.49. The molecule has 2 aromatic heterocycles. The molecular formula is C29H30F2N6O2. The molecule has 0 aliphatic heterocycles. The molecule has 0 aliphatic rings. The Kier molecular flexibility index (Phi) is 9.07. The number of carbonyl (C=O) groups excluding carboxylic acids is 1. The van der Waals surface area contributed by atoms with E-state index in [0.29, 0.717) is 42.2 Å². The zero-order valence-electron chi connectivity index (χ0n) is 21.9. The Labute approximate surface area is 225 Å². The van der Waals surface area contributed by atoms with Crippen LogP contribution in [0.1, 0.15) is 35.7 Å². The standard InChI is InChI=1S/C29H30F2N6O2/c1-4-12-32-13-6-7-14-34-29(38)21-9-8-20(17-19(21)5-2)36-27-28-35-18-23(37(28)16-15-33-27)22-10-11-24(39-3)26(31)25(22)30/h1,8-11,15-18,32H,5-7,12-14H2,2-3H3,(H,33,36)(H,34,38). The van der Waals surface area contributed by atoms with Crippen molar-refractivity contribution in [2.75, 3.05) is 32.1 Å². The van der Waals surface area contributed by atoms with E-state index in [0.717, 1.165) is 30.6 Å². The molecule has 10 heteroatoms. The molecule has 0 radical (unpaired) electrons. The minimum absolute atomic E-state index is 0.0467. The number of aromatic nitrogens is 3. The summed E-state index contributed by atoms with van der Waals surface area (Å²) in [6.07, 6.45) is 12.3. The molecular weight excluding hydrogens is 502 g/mol. The van der Waals surface area contributed by atoms with Crippen molar-refractivity contribution in [1.82, 2.24) is 25.0 Å². The molecule has 1 amide bonds. The van der Waals surface area contributed by atoms with E-state index in [9.17, 15) is 13.6 Å². The van der Waals surface area contributed by atoms with Gasteiger partial charge >= 0.3 is 0 Å². The van der Waals surface area contributed by atoms with Gasteiger partial charge in [-0.3, -0.25) is 9.20 Å². The van der Waals surface area contributed by atoms with Crippen LogP contribution in [0.15, 0.2) is 48.9 Å². The summed E-state index contributed by atoms with van der Waals surface area (Å²) in [5.41, 5.74) is 3.04. The number of rotatable bonds is 12. The van der Waals surface area contributed by atoms with E-state index in [1.54, 1.807) is 28.9 Å². The second kappa shape index (κ2) is 12.8. The van der Waals surface area contributed by atoms with Gasteiger partial charge in [-0.05, 0) is 61.7 Å². The molecule has 0 bridgehead atoms. The van der Waals surface area contributed by atoms with Crippen LogP contribution in [-0.2, 0) is 6.42 Å². The highest BCUT2D eigenvalue weighted by Gasteiger charge is 2.19. The largest absolute Gasteiger partial charge is 0.494 e.